The normalized spacial score (nSPS) is 25.3. The van der Waals surface area contributed by atoms with Gasteiger partial charge in [0.2, 0.25) is 0 Å². The number of nitrogens with two attached hydrogens (primary N) is 1. The third-order valence-corrected chi connectivity index (χ3v) is 10.4. The Morgan fingerprint density at radius 2 is 1.93 bits per heavy atom. The van der Waals surface area contributed by atoms with Crippen LogP contribution in [0.3, 0.4) is 0 Å². The van der Waals surface area contributed by atoms with Gasteiger partial charge < -0.3 is 10.5 Å². The minimum atomic E-state index is -1.76. The molecule has 2 N–H and O–H groups in total. The molecule has 1 heterocycles. The number of hydrogen-bond donors (Lipinski definition) is 1. The average Bonchev–Trinajstić information content (AvgIpc) is 2.72. The van der Waals surface area contributed by atoms with Crippen LogP contribution in [0.1, 0.15) is 27.2 Å². The molecule has 4 heteroatoms. The summed E-state index contributed by atoms with van der Waals surface area (Å²) in [6.07, 6.45) is 4.24. The first kappa shape index (κ1) is 12.3. The molecule has 1 aliphatic heterocycles. The molecular formula is C11H21NO2Si. The molecule has 1 amide bonds. The standard InChI is InChI=1S/C11H21NO2Si/c1-4-15(5-2,6-3)11(10(12)13)8-7-9-14-11/h7,9H,4-6,8H2,1-3H3,(H2,12,13). The topological polar surface area (TPSA) is 52.3 Å². The van der Waals surface area contributed by atoms with Crippen molar-refractivity contribution in [3.8, 4) is 0 Å². The predicted molar refractivity (Wildman–Crippen MR) is 64.0 cm³/mol. The molecule has 0 aliphatic carbocycles. The minimum Gasteiger partial charge on any atom is -0.489 e. The van der Waals surface area contributed by atoms with Crippen molar-refractivity contribution in [3.63, 3.8) is 0 Å². The molecular weight excluding hydrogens is 206 g/mol. The van der Waals surface area contributed by atoms with Gasteiger partial charge in [-0.1, -0.05) is 38.9 Å². The summed E-state index contributed by atoms with van der Waals surface area (Å²) >= 11 is 0. The van der Waals surface area contributed by atoms with E-state index in [1.54, 1.807) is 6.26 Å². The maximum atomic E-state index is 11.7. The zero-order valence-electron chi connectivity index (χ0n) is 9.88. The molecule has 0 fully saturated rings. The lowest BCUT2D eigenvalue weighted by Gasteiger charge is -2.42. The first-order valence-electron chi connectivity index (χ1n) is 5.71. The Morgan fingerprint density at radius 1 is 1.40 bits per heavy atom. The summed E-state index contributed by atoms with van der Waals surface area (Å²) in [6, 6.07) is 3.14. The van der Waals surface area contributed by atoms with Gasteiger partial charge in [-0.05, 0) is 6.08 Å². The largest absolute Gasteiger partial charge is 0.489 e. The number of primary amides is 1. The van der Waals surface area contributed by atoms with E-state index < -0.39 is 13.3 Å². The van der Waals surface area contributed by atoms with Gasteiger partial charge in [-0.2, -0.15) is 0 Å². The molecule has 1 rings (SSSR count). The van der Waals surface area contributed by atoms with Crippen LogP contribution in [-0.2, 0) is 9.53 Å². The molecule has 3 nitrogen and oxygen atoms in total. The summed E-state index contributed by atoms with van der Waals surface area (Å²) in [7, 11) is -1.76. The van der Waals surface area contributed by atoms with Gasteiger partial charge in [0.05, 0.1) is 6.26 Å². The number of carbonyl (C=O) groups excluding carboxylic acids is 1. The zero-order chi connectivity index (χ0) is 11.5. The molecule has 0 aromatic carbocycles. The van der Waals surface area contributed by atoms with E-state index in [9.17, 15) is 4.79 Å². The lowest BCUT2D eigenvalue weighted by molar-refractivity contribution is -0.129. The zero-order valence-corrected chi connectivity index (χ0v) is 10.9. The van der Waals surface area contributed by atoms with Crippen LogP contribution in [0.25, 0.3) is 0 Å². The molecule has 1 atom stereocenters. The van der Waals surface area contributed by atoms with Crippen molar-refractivity contribution in [2.75, 3.05) is 0 Å². The predicted octanol–water partition coefficient (Wildman–Crippen LogP) is 2.19. The van der Waals surface area contributed by atoms with Crippen molar-refractivity contribution in [1.82, 2.24) is 0 Å². The Kier molecular flexibility index (Phi) is 3.60. The maximum absolute atomic E-state index is 11.7. The molecule has 1 aliphatic rings. The Labute approximate surface area is 92.7 Å². The highest BCUT2D eigenvalue weighted by Crippen LogP contribution is 2.40. The number of ether oxygens (including phenoxy) is 1. The maximum Gasteiger partial charge on any atom is 0.257 e. The van der Waals surface area contributed by atoms with Gasteiger partial charge in [0.1, 0.15) is 8.07 Å². The third-order valence-electron chi connectivity index (χ3n) is 4.06. The van der Waals surface area contributed by atoms with Crippen LogP contribution in [0.4, 0.5) is 0 Å². The van der Waals surface area contributed by atoms with Crippen LogP contribution in [0.5, 0.6) is 0 Å². The van der Waals surface area contributed by atoms with E-state index in [0.29, 0.717) is 6.42 Å². The number of amides is 1. The fraction of sp³-hybridized carbons (Fsp3) is 0.727. The average molecular weight is 227 g/mol. The molecule has 0 aromatic rings. The summed E-state index contributed by atoms with van der Waals surface area (Å²) in [4.78, 5) is 11.7. The van der Waals surface area contributed by atoms with Crippen LogP contribution < -0.4 is 5.73 Å². The smallest absolute Gasteiger partial charge is 0.257 e. The molecule has 0 radical (unpaired) electrons. The highest BCUT2D eigenvalue weighted by atomic mass is 28.3. The fourth-order valence-corrected chi connectivity index (χ4v) is 7.40. The highest BCUT2D eigenvalue weighted by Gasteiger charge is 2.56. The first-order valence-corrected chi connectivity index (χ1v) is 8.33. The molecule has 0 aromatic heterocycles. The van der Waals surface area contributed by atoms with Gasteiger partial charge in [0.15, 0.2) is 5.22 Å². The number of carbonyl (C=O) groups is 1. The second-order valence-corrected chi connectivity index (χ2v) is 9.72. The summed E-state index contributed by atoms with van der Waals surface area (Å²) < 4.78 is 5.65. The van der Waals surface area contributed by atoms with Crippen LogP contribution in [-0.4, -0.2) is 19.2 Å². The Morgan fingerprint density at radius 3 is 2.20 bits per heavy atom. The van der Waals surface area contributed by atoms with E-state index in [1.807, 2.05) is 6.08 Å². The third kappa shape index (κ3) is 1.61. The molecule has 0 bridgehead atoms. The molecule has 0 spiro atoms. The van der Waals surface area contributed by atoms with Crippen molar-refractivity contribution in [2.45, 2.75) is 50.5 Å². The van der Waals surface area contributed by atoms with Crippen molar-refractivity contribution in [1.29, 1.82) is 0 Å². The van der Waals surface area contributed by atoms with Crippen molar-refractivity contribution < 1.29 is 9.53 Å². The monoisotopic (exact) mass is 227 g/mol. The van der Waals surface area contributed by atoms with Gasteiger partial charge in [-0.3, -0.25) is 4.79 Å². The summed E-state index contributed by atoms with van der Waals surface area (Å²) in [5.41, 5.74) is 5.58. The lowest BCUT2D eigenvalue weighted by Crippen LogP contribution is -2.64. The van der Waals surface area contributed by atoms with Gasteiger partial charge >= 0.3 is 0 Å². The second kappa shape index (κ2) is 4.39. The summed E-state index contributed by atoms with van der Waals surface area (Å²) in [6.45, 7) is 6.47. The summed E-state index contributed by atoms with van der Waals surface area (Å²) in [5, 5.41) is -0.675. The molecule has 15 heavy (non-hydrogen) atoms. The van der Waals surface area contributed by atoms with E-state index in [1.165, 1.54) is 0 Å². The fourth-order valence-electron chi connectivity index (χ4n) is 2.79. The van der Waals surface area contributed by atoms with E-state index in [0.717, 1.165) is 18.1 Å². The first-order chi connectivity index (χ1) is 7.08. The van der Waals surface area contributed by atoms with E-state index in [2.05, 4.69) is 20.8 Å². The molecule has 1 unspecified atom stereocenters. The number of rotatable bonds is 5. The van der Waals surface area contributed by atoms with Gasteiger partial charge in [0.25, 0.3) is 5.91 Å². The van der Waals surface area contributed by atoms with Crippen molar-refractivity contribution in [2.24, 2.45) is 5.73 Å². The van der Waals surface area contributed by atoms with Crippen LogP contribution in [0.2, 0.25) is 18.1 Å². The van der Waals surface area contributed by atoms with Gasteiger partial charge in [0, 0.05) is 6.42 Å². The Bertz CT molecular complexity index is 255. The molecule has 0 saturated heterocycles. The van der Waals surface area contributed by atoms with Crippen molar-refractivity contribution >= 4 is 14.0 Å². The van der Waals surface area contributed by atoms with E-state index >= 15 is 0 Å². The quantitative estimate of drug-likeness (QED) is 0.732. The second-order valence-electron chi connectivity index (χ2n) is 4.23. The van der Waals surface area contributed by atoms with E-state index in [-0.39, 0.29) is 5.91 Å². The van der Waals surface area contributed by atoms with Gasteiger partial charge in [-0.25, -0.2) is 0 Å². The van der Waals surface area contributed by atoms with Crippen LogP contribution >= 0.6 is 0 Å². The van der Waals surface area contributed by atoms with Crippen LogP contribution in [0, 0.1) is 0 Å². The Hall–Kier alpha value is -0.773. The van der Waals surface area contributed by atoms with E-state index in [4.69, 9.17) is 10.5 Å². The Balaban J connectivity index is 3.12. The summed E-state index contributed by atoms with van der Waals surface area (Å²) in [5.74, 6) is -0.273. The lowest BCUT2D eigenvalue weighted by atomic mass is 10.2. The molecule has 0 saturated carbocycles. The van der Waals surface area contributed by atoms with Crippen LogP contribution in [0.15, 0.2) is 12.3 Å². The van der Waals surface area contributed by atoms with Gasteiger partial charge in [-0.15, -0.1) is 0 Å². The highest BCUT2D eigenvalue weighted by molar-refractivity contribution is 6.85. The minimum absolute atomic E-state index is 0.273. The SMILES string of the molecule is CC[Si](CC)(CC)C1(C(N)=O)CC=CO1. The van der Waals surface area contributed by atoms with Crippen molar-refractivity contribution in [3.05, 3.63) is 12.3 Å². The number of hydrogen-bond acceptors (Lipinski definition) is 2. The molecule has 86 valence electrons.